The van der Waals surface area contributed by atoms with E-state index >= 15 is 0 Å². The zero-order valence-electron chi connectivity index (χ0n) is 29.8. The van der Waals surface area contributed by atoms with Gasteiger partial charge in [0.05, 0.1) is 43.7 Å². The average Bonchev–Trinajstić information content (AvgIpc) is 3.79. The maximum atomic E-state index is 13.9. The minimum Gasteiger partial charge on any atom is -0.479 e. The van der Waals surface area contributed by atoms with Crippen LogP contribution in [0.5, 0.6) is 0 Å². The molecule has 1 N–H and O–H groups in total. The fraction of sp³-hybridized carbons (Fsp3) is 0.750. The zero-order chi connectivity index (χ0) is 36.6. The fourth-order valence-corrected chi connectivity index (χ4v) is 8.82. The Morgan fingerprint density at radius 3 is 2.36 bits per heavy atom. The highest BCUT2D eigenvalue weighted by atomic mass is 35.5. The molecule has 16 nitrogen and oxygen atoms in total. The first-order valence-corrected chi connectivity index (χ1v) is 18.7. The van der Waals surface area contributed by atoms with Crippen molar-refractivity contribution < 1.29 is 56.7 Å². The van der Waals surface area contributed by atoms with Gasteiger partial charge in [-0.3, -0.25) is 9.46 Å². The van der Waals surface area contributed by atoms with Crippen LogP contribution < -0.4 is 4.90 Å². The Kier molecular flexibility index (Phi) is 11.6. The van der Waals surface area contributed by atoms with E-state index in [4.69, 9.17) is 49.1 Å². The van der Waals surface area contributed by atoms with E-state index in [-0.39, 0.29) is 24.4 Å². The standard InChI is InChI=1S/C32H48ClN4O12P/c1-9-44-50(41,45-10-2)32(18-42-8,28(38)39)43-17-22-24-25(48-31(6,7)47-24)27(46-22)37-26-20(16-34-37)21(15-23(33)35-26)36(19-13-11-12-14-19)29(40)49-30(3,4)5/h15-16,19,22,24-25,27H,9-14,17-18H2,1-8H3,(H,38,39)/t22-,24-,25-,27-,32+/m1/s1. The van der Waals surface area contributed by atoms with Gasteiger partial charge in [0.25, 0.3) is 5.34 Å². The van der Waals surface area contributed by atoms with Crippen molar-refractivity contribution in [3.05, 3.63) is 17.4 Å². The number of aliphatic carboxylic acids is 1. The number of hydrogen-bond acceptors (Lipinski definition) is 13. The number of pyridine rings is 1. The molecule has 50 heavy (non-hydrogen) atoms. The highest BCUT2D eigenvalue weighted by molar-refractivity contribution is 7.56. The molecule has 0 bridgehead atoms. The molecule has 5 atom stereocenters. The molecule has 1 saturated carbocycles. The van der Waals surface area contributed by atoms with Gasteiger partial charge in [-0.25, -0.2) is 19.3 Å². The summed E-state index contributed by atoms with van der Waals surface area (Å²) < 4.78 is 62.2. The van der Waals surface area contributed by atoms with E-state index in [1.165, 1.54) is 11.8 Å². The van der Waals surface area contributed by atoms with Gasteiger partial charge in [0, 0.05) is 19.2 Å². The highest BCUT2D eigenvalue weighted by Crippen LogP contribution is 2.61. The normalized spacial score (nSPS) is 25.1. The van der Waals surface area contributed by atoms with Gasteiger partial charge in [-0.1, -0.05) is 24.4 Å². The summed E-state index contributed by atoms with van der Waals surface area (Å²) in [7, 11) is -3.20. The molecular formula is C32H48ClN4O12P. The molecule has 3 fully saturated rings. The minimum atomic E-state index is -4.45. The van der Waals surface area contributed by atoms with Gasteiger partial charge < -0.3 is 42.6 Å². The Labute approximate surface area is 296 Å². The number of carboxylic acid groups (broad SMARTS) is 1. The second-order valence-electron chi connectivity index (χ2n) is 13.9. The van der Waals surface area contributed by atoms with Crippen molar-refractivity contribution in [2.24, 2.45) is 0 Å². The second-order valence-corrected chi connectivity index (χ2v) is 16.5. The van der Waals surface area contributed by atoms with Gasteiger partial charge in [0.15, 0.2) is 17.7 Å². The number of methoxy groups -OCH3 is 1. The van der Waals surface area contributed by atoms with E-state index in [1.54, 1.807) is 44.9 Å². The predicted molar refractivity (Wildman–Crippen MR) is 180 cm³/mol. The van der Waals surface area contributed by atoms with E-state index < -0.39 is 74.1 Å². The molecule has 0 spiro atoms. The zero-order valence-corrected chi connectivity index (χ0v) is 31.4. The lowest BCUT2D eigenvalue weighted by molar-refractivity contribution is -0.209. The second kappa shape index (κ2) is 14.9. The molecule has 2 aromatic rings. The maximum Gasteiger partial charge on any atom is 0.415 e. The third kappa shape index (κ3) is 7.55. The van der Waals surface area contributed by atoms with Crippen molar-refractivity contribution in [1.29, 1.82) is 0 Å². The lowest BCUT2D eigenvalue weighted by Gasteiger charge is -2.35. The summed E-state index contributed by atoms with van der Waals surface area (Å²) in [5.41, 5.74) is 0.0821. The summed E-state index contributed by atoms with van der Waals surface area (Å²) in [6.45, 7) is 10.8. The average molecular weight is 747 g/mol. The number of anilines is 1. The summed E-state index contributed by atoms with van der Waals surface area (Å²) >= 11 is 6.62. The van der Waals surface area contributed by atoms with Crippen molar-refractivity contribution in [3.63, 3.8) is 0 Å². The first kappa shape index (κ1) is 38.8. The van der Waals surface area contributed by atoms with Crippen LogP contribution in [0.1, 0.15) is 80.4 Å². The topological polar surface area (TPSA) is 179 Å². The van der Waals surface area contributed by atoms with E-state index in [0.29, 0.717) is 16.7 Å². The predicted octanol–water partition coefficient (Wildman–Crippen LogP) is 5.90. The van der Waals surface area contributed by atoms with Crippen LogP contribution in [-0.2, 0) is 46.8 Å². The van der Waals surface area contributed by atoms with Crippen molar-refractivity contribution in [3.8, 4) is 0 Å². The summed E-state index contributed by atoms with van der Waals surface area (Å²) in [4.78, 5) is 32.7. The van der Waals surface area contributed by atoms with E-state index in [1.807, 2.05) is 20.8 Å². The monoisotopic (exact) mass is 746 g/mol. The molecule has 3 aliphatic rings. The van der Waals surface area contributed by atoms with Crippen LogP contribution in [0.15, 0.2) is 12.3 Å². The van der Waals surface area contributed by atoms with Crippen molar-refractivity contribution >= 4 is 48.0 Å². The van der Waals surface area contributed by atoms with Gasteiger partial charge >= 0.3 is 19.7 Å². The largest absolute Gasteiger partial charge is 0.479 e. The van der Waals surface area contributed by atoms with Gasteiger partial charge in [0.2, 0.25) is 0 Å². The highest BCUT2D eigenvalue weighted by Gasteiger charge is 2.62. The third-order valence-electron chi connectivity index (χ3n) is 8.62. The van der Waals surface area contributed by atoms with Crippen molar-refractivity contribution in [1.82, 2.24) is 14.8 Å². The first-order chi connectivity index (χ1) is 23.5. The van der Waals surface area contributed by atoms with Crippen LogP contribution in [0.2, 0.25) is 5.15 Å². The van der Waals surface area contributed by atoms with Gasteiger partial charge in [0.1, 0.15) is 29.1 Å². The molecular weight excluding hydrogens is 699 g/mol. The van der Waals surface area contributed by atoms with Gasteiger partial charge in [-0.15, -0.1) is 0 Å². The quantitative estimate of drug-likeness (QED) is 0.178. The number of fused-ring (bicyclic) bond motifs is 2. The summed E-state index contributed by atoms with van der Waals surface area (Å²) in [5, 5.41) is 13.1. The smallest absolute Gasteiger partial charge is 0.415 e. The molecule has 280 valence electrons. The molecule has 0 radical (unpaired) electrons. The first-order valence-electron chi connectivity index (χ1n) is 16.8. The number of nitrogens with zero attached hydrogens (tertiary/aromatic N) is 4. The molecule has 2 aromatic heterocycles. The molecule has 2 aliphatic heterocycles. The fourth-order valence-electron chi connectivity index (χ4n) is 6.71. The number of rotatable bonds is 14. The van der Waals surface area contributed by atoms with Crippen molar-refractivity contribution in [2.75, 3.05) is 38.4 Å². The minimum absolute atomic E-state index is 0.104. The maximum absolute atomic E-state index is 13.9. The Hall–Kier alpha value is -2.40. The van der Waals surface area contributed by atoms with Crippen LogP contribution in [0.4, 0.5) is 10.5 Å². The Bertz CT molecular complexity index is 1580. The number of halogens is 1. The van der Waals surface area contributed by atoms with Crippen LogP contribution >= 0.6 is 19.2 Å². The van der Waals surface area contributed by atoms with Crippen LogP contribution in [0.25, 0.3) is 11.0 Å². The van der Waals surface area contributed by atoms with Crippen LogP contribution in [0.3, 0.4) is 0 Å². The van der Waals surface area contributed by atoms with Crippen molar-refractivity contribution in [2.45, 2.75) is 121 Å². The van der Waals surface area contributed by atoms with E-state index in [9.17, 15) is 19.3 Å². The Morgan fingerprint density at radius 2 is 1.78 bits per heavy atom. The number of amides is 1. The summed E-state index contributed by atoms with van der Waals surface area (Å²) in [5.74, 6) is -2.66. The number of aromatic nitrogens is 3. The number of hydrogen-bond donors (Lipinski definition) is 1. The van der Waals surface area contributed by atoms with Gasteiger partial charge in [-0.05, 0) is 61.3 Å². The summed E-state index contributed by atoms with van der Waals surface area (Å²) in [6, 6.07) is 1.52. The number of ether oxygens (including phenoxy) is 6. The molecule has 1 aliphatic carbocycles. The molecule has 2 saturated heterocycles. The Morgan fingerprint density at radius 1 is 1.14 bits per heavy atom. The molecule has 4 heterocycles. The number of carbonyl (C=O) groups is 2. The van der Waals surface area contributed by atoms with Crippen LogP contribution in [0, 0.1) is 0 Å². The van der Waals surface area contributed by atoms with E-state index in [0.717, 1.165) is 25.7 Å². The molecule has 1 amide bonds. The molecule has 0 unspecified atom stereocenters. The van der Waals surface area contributed by atoms with Crippen LogP contribution in [-0.4, -0.2) is 107 Å². The third-order valence-corrected chi connectivity index (χ3v) is 11.3. The number of carboxylic acids is 1. The molecule has 5 rings (SSSR count). The molecule has 18 heteroatoms. The van der Waals surface area contributed by atoms with Gasteiger partial charge in [-0.2, -0.15) is 5.10 Å². The lowest BCUT2D eigenvalue weighted by Crippen LogP contribution is -2.49. The Balaban J connectivity index is 1.52. The lowest BCUT2D eigenvalue weighted by atomic mass is 10.1. The SMILES string of the molecule is CCOP(=O)(OCC)[C@](COC)(OC[C@H]1O[C@@H](n2ncc3c(N(C(=O)OC(C)(C)C)C4CCCC4)cc(Cl)nc32)[C@@H]2OC(C)(C)O[C@@H]21)C(=O)O. The van der Waals surface area contributed by atoms with E-state index in [2.05, 4.69) is 10.1 Å². The summed E-state index contributed by atoms with van der Waals surface area (Å²) in [6.07, 6.45) is 1.16. The number of carbonyl (C=O) groups excluding carboxylic acids is 1. The molecule has 0 aromatic carbocycles.